The van der Waals surface area contributed by atoms with E-state index in [0.717, 1.165) is 24.2 Å². The molecule has 2 aromatic heterocycles. The lowest BCUT2D eigenvalue weighted by Gasteiger charge is -2.36. The lowest BCUT2D eigenvalue weighted by atomic mass is 9.70. The Morgan fingerprint density at radius 1 is 1.35 bits per heavy atom. The van der Waals surface area contributed by atoms with Crippen LogP contribution >= 0.6 is 0 Å². The number of fused-ring (bicyclic) bond motifs is 1. The quantitative estimate of drug-likeness (QED) is 0.806. The molecule has 0 spiro atoms. The predicted octanol–water partition coefficient (Wildman–Crippen LogP) is 1.30. The smallest absolute Gasteiger partial charge is 0.237 e. The second kappa shape index (κ2) is 3.60. The first-order valence-electron chi connectivity index (χ1n) is 5.65. The Balaban J connectivity index is 2.19. The Hall–Kier alpha value is -1.30. The van der Waals surface area contributed by atoms with Crippen LogP contribution in [0.5, 0.6) is 0 Å². The highest BCUT2D eigenvalue weighted by Crippen LogP contribution is 2.42. The van der Waals surface area contributed by atoms with Gasteiger partial charge in [0.1, 0.15) is 11.3 Å². The summed E-state index contributed by atoms with van der Waals surface area (Å²) in [5.74, 6) is 0.966. The molecular weight excluding hydrogens is 236 g/mol. The van der Waals surface area contributed by atoms with Gasteiger partial charge in [-0.1, -0.05) is 13.3 Å². The molecule has 6 heteroatoms. The van der Waals surface area contributed by atoms with E-state index in [1.54, 1.807) is 23.2 Å². The van der Waals surface area contributed by atoms with Gasteiger partial charge in [-0.2, -0.15) is 0 Å². The molecule has 5 nitrogen and oxygen atoms in total. The molecule has 0 N–H and O–H groups in total. The van der Waals surface area contributed by atoms with Crippen LogP contribution in [0.2, 0.25) is 0 Å². The summed E-state index contributed by atoms with van der Waals surface area (Å²) in [6.07, 6.45) is 8.57. The van der Waals surface area contributed by atoms with Crippen LogP contribution in [0.25, 0.3) is 5.52 Å². The number of imidazole rings is 1. The summed E-state index contributed by atoms with van der Waals surface area (Å²) >= 11 is 0. The highest BCUT2D eigenvalue weighted by Gasteiger charge is 2.37. The largest absolute Gasteiger partial charge is 0.251 e. The van der Waals surface area contributed by atoms with E-state index in [1.165, 1.54) is 6.42 Å². The monoisotopic (exact) mass is 250 g/mol. The van der Waals surface area contributed by atoms with Gasteiger partial charge >= 0.3 is 0 Å². The van der Waals surface area contributed by atoms with Gasteiger partial charge in [0, 0.05) is 11.7 Å². The van der Waals surface area contributed by atoms with Crippen molar-refractivity contribution >= 4 is 16.3 Å². The Morgan fingerprint density at radius 3 is 2.65 bits per heavy atom. The second-order valence-electron chi connectivity index (χ2n) is 4.83. The Kier molecular flexibility index (Phi) is 2.29. The average molecular weight is 250 g/mol. The maximum atomic E-state index is 11.4. The zero-order chi connectivity index (χ0) is 12.0. The highest BCUT2D eigenvalue weighted by atomic mass is 32.2. The summed E-state index contributed by atoms with van der Waals surface area (Å²) in [5, 5.41) is 4.69. The van der Waals surface area contributed by atoms with Crippen LogP contribution in [0.3, 0.4) is 0 Å². The van der Waals surface area contributed by atoms with E-state index >= 15 is 0 Å². The van der Waals surface area contributed by atoms with Gasteiger partial charge in [-0.15, -0.1) is 5.10 Å². The van der Waals surface area contributed by atoms with Crippen molar-refractivity contribution in [3.63, 3.8) is 0 Å². The Morgan fingerprint density at radius 2 is 2.06 bits per heavy atom. The van der Waals surface area contributed by atoms with E-state index in [1.807, 2.05) is 0 Å². The third-order valence-electron chi connectivity index (χ3n) is 3.51. The average Bonchev–Trinajstić information content (AvgIpc) is 2.68. The molecule has 2 aromatic rings. The van der Waals surface area contributed by atoms with Crippen molar-refractivity contribution in [2.75, 3.05) is 6.26 Å². The fraction of sp³-hybridized carbons (Fsp3) is 0.545. The van der Waals surface area contributed by atoms with Crippen LogP contribution in [0.1, 0.15) is 32.0 Å². The Labute approximate surface area is 102 Å². The maximum Gasteiger partial charge on any atom is 0.237 e. The molecule has 0 radical (unpaired) electrons. The summed E-state index contributed by atoms with van der Waals surface area (Å²) in [7, 11) is -1.16. The number of hydrogen-bond acceptors (Lipinski definition) is 4. The van der Waals surface area contributed by atoms with Crippen LogP contribution < -0.4 is 0 Å². The minimum Gasteiger partial charge on any atom is -0.251 e. The highest BCUT2D eigenvalue weighted by molar-refractivity contribution is 7.84. The van der Waals surface area contributed by atoms with Gasteiger partial charge in [-0.25, -0.2) is 14.5 Å². The predicted molar refractivity (Wildman–Crippen MR) is 64.3 cm³/mol. The second-order valence-corrected chi connectivity index (χ2v) is 6.10. The minimum absolute atomic E-state index is 0.118. The standard InChI is InChI=1S/C11H14N4OS/c1-11(4-3-5-11)9-12-6-8-7-13-10(17(2)16)14-15(8)9/h6-7H,3-5H2,1-2H3. The molecule has 1 aliphatic rings. The van der Waals surface area contributed by atoms with Gasteiger partial charge in [-0.05, 0) is 12.8 Å². The molecule has 90 valence electrons. The molecule has 1 saturated carbocycles. The molecule has 17 heavy (non-hydrogen) atoms. The van der Waals surface area contributed by atoms with Crippen LogP contribution in [0.15, 0.2) is 17.6 Å². The van der Waals surface area contributed by atoms with Crippen LogP contribution in [-0.2, 0) is 16.2 Å². The summed E-state index contributed by atoms with van der Waals surface area (Å²) in [5.41, 5.74) is 0.982. The van der Waals surface area contributed by atoms with E-state index in [-0.39, 0.29) is 5.41 Å². The molecule has 2 heterocycles. The van der Waals surface area contributed by atoms with E-state index in [0.29, 0.717) is 5.16 Å². The lowest BCUT2D eigenvalue weighted by Crippen LogP contribution is -2.33. The van der Waals surface area contributed by atoms with Crippen molar-refractivity contribution in [2.45, 2.75) is 36.8 Å². The summed E-state index contributed by atoms with van der Waals surface area (Å²) in [4.78, 5) is 8.52. The zero-order valence-corrected chi connectivity index (χ0v) is 10.7. The fourth-order valence-electron chi connectivity index (χ4n) is 2.26. The molecule has 3 rings (SSSR count). The van der Waals surface area contributed by atoms with Gasteiger partial charge in [0.05, 0.1) is 23.2 Å². The fourth-order valence-corrected chi connectivity index (χ4v) is 2.66. The van der Waals surface area contributed by atoms with Crippen LogP contribution in [-0.4, -0.2) is 30.0 Å². The van der Waals surface area contributed by atoms with Gasteiger partial charge in [0.2, 0.25) is 5.16 Å². The van der Waals surface area contributed by atoms with Crippen LogP contribution in [0, 0.1) is 0 Å². The van der Waals surface area contributed by atoms with E-state index in [9.17, 15) is 4.21 Å². The molecule has 0 amide bonds. The first-order chi connectivity index (χ1) is 8.10. The summed E-state index contributed by atoms with van der Waals surface area (Å²) < 4.78 is 13.2. The maximum absolute atomic E-state index is 11.4. The number of nitrogens with zero attached hydrogens (tertiary/aromatic N) is 4. The molecule has 0 aromatic carbocycles. The minimum atomic E-state index is -1.16. The van der Waals surface area contributed by atoms with Crippen molar-refractivity contribution in [3.8, 4) is 0 Å². The van der Waals surface area contributed by atoms with Gasteiger partial charge in [0.15, 0.2) is 0 Å². The van der Waals surface area contributed by atoms with E-state index < -0.39 is 10.8 Å². The third kappa shape index (κ3) is 1.58. The van der Waals surface area contributed by atoms with Crippen molar-refractivity contribution in [1.82, 2.24) is 19.6 Å². The molecule has 1 atom stereocenters. The summed E-state index contributed by atoms with van der Waals surface area (Å²) in [6.45, 7) is 2.20. The van der Waals surface area contributed by atoms with Crippen molar-refractivity contribution in [1.29, 1.82) is 0 Å². The number of aromatic nitrogens is 4. The SMILES string of the molecule is CS(=O)c1ncc2cnc(C3(C)CCC3)n2n1. The van der Waals surface area contributed by atoms with Gasteiger partial charge in [-0.3, -0.25) is 4.21 Å². The molecule has 0 saturated heterocycles. The number of hydrogen-bond donors (Lipinski definition) is 0. The normalized spacial score (nSPS) is 20.1. The van der Waals surface area contributed by atoms with Crippen molar-refractivity contribution in [3.05, 3.63) is 18.2 Å². The molecular formula is C11H14N4OS. The van der Waals surface area contributed by atoms with Gasteiger partial charge < -0.3 is 0 Å². The van der Waals surface area contributed by atoms with E-state index in [4.69, 9.17) is 0 Å². The molecule has 0 aliphatic heterocycles. The lowest BCUT2D eigenvalue weighted by molar-refractivity contribution is 0.252. The van der Waals surface area contributed by atoms with Crippen molar-refractivity contribution < 1.29 is 4.21 Å². The summed E-state index contributed by atoms with van der Waals surface area (Å²) in [6, 6.07) is 0. The molecule has 1 fully saturated rings. The number of rotatable bonds is 2. The first-order valence-corrected chi connectivity index (χ1v) is 7.21. The topological polar surface area (TPSA) is 60.2 Å². The third-order valence-corrected chi connectivity index (χ3v) is 4.21. The first kappa shape index (κ1) is 10.8. The Bertz CT molecular complexity index is 603. The molecule has 1 unspecified atom stereocenters. The van der Waals surface area contributed by atoms with Crippen LogP contribution in [0.4, 0.5) is 0 Å². The molecule has 1 aliphatic carbocycles. The van der Waals surface area contributed by atoms with E-state index in [2.05, 4.69) is 22.0 Å². The van der Waals surface area contributed by atoms with Gasteiger partial charge in [0.25, 0.3) is 0 Å². The molecule has 0 bridgehead atoms. The zero-order valence-electron chi connectivity index (χ0n) is 9.88. The van der Waals surface area contributed by atoms with Crippen molar-refractivity contribution in [2.24, 2.45) is 0 Å².